The molecule has 0 atom stereocenters. The van der Waals surface area contributed by atoms with E-state index in [9.17, 15) is 4.79 Å². The Morgan fingerprint density at radius 3 is 2.61 bits per heavy atom. The molecule has 3 heteroatoms. The number of carbonyl (C=O) groups excluding carboxylic acids is 1. The molecule has 1 rings (SSSR count). The lowest BCUT2D eigenvalue weighted by atomic mass is 9.95. The van der Waals surface area contributed by atoms with Crippen LogP contribution in [0, 0.1) is 12.3 Å². The largest absolute Gasteiger partial charge is 0.396 e. The van der Waals surface area contributed by atoms with Crippen LogP contribution in [0.25, 0.3) is 0 Å². The van der Waals surface area contributed by atoms with Gasteiger partial charge in [0.2, 0.25) is 5.91 Å². The van der Waals surface area contributed by atoms with Gasteiger partial charge in [0.05, 0.1) is 0 Å². The van der Waals surface area contributed by atoms with Crippen molar-refractivity contribution in [2.75, 3.05) is 13.2 Å². The van der Waals surface area contributed by atoms with Crippen LogP contribution >= 0.6 is 0 Å². The molecule has 0 aliphatic rings. The zero-order valence-electron chi connectivity index (χ0n) is 11.5. The van der Waals surface area contributed by atoms with Crippen molar-refractivity contribution in [3.8, 4) is 0 Å². The van der Waals surface area contributed by atoms with Crippen LogP contribution in [-0.4, -0.2) is 24.2 Å². The van der Waals surface area contributed by atoms with E-state index in [0.717, 1.165) is 6.42 Å². The smallest absolute Gasteiger partial charge is 0.220 e. The van der Waals surface area contributed by atoms with Gasteiger partial charge in [-0.25, -0.2) is 0 Å². The Kier molecular flexibility index (Phi) is 5.35. The highest BCUT2D eigenvalue weighted by atomic mass is 16.3. The third-order valence-electron chi connectivity index (χ3n) is 3.07. The molecule has 18 heavy (non-hydrogen) atoms. The molecule has 0 saturated heterocycles. The number of carbonyl (C=O) groups is 1. The Balaban J connectivity index is 2.36. The van der Waals surface area contributed by atoms with Crippen LogP contribution in [0.4, 0.5) is 0 Å². The second-order valence-electron chi connectivity index (χ2n) is 5.53. The summed E-state index contributed by atoms with van der Waals surface area (Å²) in [4.78, 5) is 11.7. The fraction of sp³-hybridized carbons (Fsp3) is 0.533. The quantitative estimate of drug-likeness (QED) is 0.811. The Hall–Kier alpha value is -1.35. The number of hydrogen-bond donors (Lipinski definition) is 2. The lowest BCUT2D eigenvalue weighted by molar-refractivity contribution is -0.121. The van der Waals surface area contributed by atoms with Crippen molar-refractivity contribution in [1.29, 1.82) is 0 Å². The van der Waals surface area contributed by atoms with Crippen LogP contribution in [0.1, 0.15) is 31.4 Å². The van der Waals surface area contributed by atoms with Crippen LogP contribution in [-0.2, 0) is 11.2 Å². The monoisotopic (exact) mass is 249 g/mol. The van der Waals surface area contributed by atoms with Crippen molar-refractivity contribution < 1.29 is 9.90 Å². The molecule has 1 aromatic carbocycles. The summed E-state index contributed by atoms with van der Waals surface area (Å²) >= 11 is 0. The molecular formula is C15H23NO2. The number of amides is 1. The topological polar surface area (TPSA) is 49.3 Å². The molecule has 3 nitrogen and oxygen atoms in total. The van der Waals surface area contributed by atoms with Gasteiger partial charge in [-0.3, -0.25) is 4.79 Å². The summed E-state index contributed by atoms with van der Waals surface area (Å²) in [5, 5.41) is 12.0. The summed E-state index contributed by atoms with van der Waals surface area (Å²) < 4.78 is 0. The SMILES string of the molecule is Cc1ccccc1CCC(=O)NCC(C)(C)CO. The summed E-state index contributed by atoms with van der Waals surface area (Å²) in [6.45, 7) is 6.49. The van der Waals surface area contributed by atoms with Crippen molar-refractivity contribution >= 4 is 5.91 Å². The number of aliphatic hydroxyl groups is 1. The van der Waals surface area contributed by atoms with Crippen molar-refractivity contribution in [2.24, 2.45) is 5.41 Å². The van der Waals surface area contributed by atoms with E-state index < -0.39 is 0 Å². The zero-order chi connectivity index (χ0) is 13.6. The molecule has 0 radical (unpaired) electrons. The van der Waals surface area contributed by atoms with Crippen molar-refractivity contribution in [3.05, 3.63) is 35.4 Å². The van der Waals surface area contributed by atoms with Crippen molar-refractivity contribution in [2.45, 2.75) is 33.6 Å². The third kappa shape index (κ3) is 4.88. The van der Waals surface area contributed by atoms with Gasteiger partial charge in [0.1, 0.15) is 0 Å². The predicted molar refractivity (Wildman–Crippen MR) is 73.4 cm³/mol. The van der Waals surface area contributed by atoms with Gasteiger partial charge in [-0.1, -0.05) is 38.1 Å². The van der Waals surface area contributed by atoms with Gasteiger partial charge in [-0.15, -0.1) is 0 Å². The van der Waals surface area contributed by atoms with Gasteiger partial charge < -0.3 is 10.4 Å². The average Bonchev–Trinajstić information content (AvgIpc) is 2.35. The number of aryl methyl sites for hydroxylation is 2. The van der Waals surface area contributed by atoms with Crippen LogP contribution in [0.3, 0.4) is 0 Å². The minimum atomic E-state index is -0.252. The fourth-order valence-electron chi connectivity index (χ4n) is 1.62. The molecule has 1 aromatic rings. The second kappa shape index (κ2) is 6.55. The van der Waals surface area contributed by atoms with Crippen LogP contribution in [0.15, 0.2) is 24.3 Å². The maximum absolute atomic E-state index is 11.7. The Morgan fingerprint density at radius 2 is 2.00 bits per heavy atom. The Morgan fingerprint density at radius 1 is 1.33 bits per heavy atom. The summed E-state index contributed by atoms with van der Waals surface area (Å²) in [6, 6.07) is 8.11. The lowest BCUT2D eigenvalue weighted by Gasteiger charge is -2.21. The summed E-state index contributed by atoms with van der Waals surface area (Å²) in [7, 11) is 0. The van der Waals surface area contributed by atoms with E-state index in [1.807, 2.05) is 26.0 Å². The molecule has 0 heterocycles. The van der Waals surface area contributed by atoms with E-state index in [2.05, 4.69) is 24.4 Å². The second-order valence-corrected chi connectivity index (χ2v) is 5.53. The molecule has 0 saturated carbocycles. The van der Waals surface area contributed by atoms with Gasteiger partial charge >= 0.3 is 0 Å². The molecule has 0 spiro atoms. The first-order valence-electron chi connectivity index (χ1n) is 6.37. The first-order valence-corrected chi connectivity index (χ1v) is 6.37. The Bertz CT molecular complexity index is 399. The predicted octanol–water partition coefficient (Wildman–Crippen LogP) is 2.06. The summed E-state index contributed by atoms with van der Waals surface area (Å²) in [5.74, 6) is 0.0415. The highest BCUT2D eigenvalue weighted by Crippen LogP contribution is 2.12. The number of aliphatic hydroxyl groups excluding tert-OH is 1. The minimum absolute atomic E-state index is 0.0415. The first kappa shape index (κ1) is 14.7. The van der Waals surface area contributed by atoms with Gasteiger partial charge in [-0.05, 0) is 24.5 Å². The van der Waals surface area contributed by atoms with Gasteiger partial charge in [0.25, 0.3) is 0 Å². The van der Waals surface area contributed by atoms with E-state index in [1.165, 1.54) is 11.1 Å². The van der Waals surface area contributed by atoms with E-state index in [1.54, 1.807) is 0 Å². The third-order valence-corrected chi connectivity index (χ3v) is 3.07. The molecule has 0 unspecified atom stereocenters. The van der Waals surface area contributed by atoms with Gasteiger partial charge in [-0.2, -0.15) is 0 Å². The van der Waals surface area contributed by atoms with Gasteiger partial charge in [0.15, 0.2) is 0 Å². The molecule has 0 aromatic heterocycles. The fourth-order valence-corrected chi connectivity index (χ4v) is 1.62. The number of benzene rings is 1. The van der Waals surface area contributed by atoms with Crippen LogP contribution in [0.2, 0.25) is 0 Å². The zero-order valence-corrected chi connectivity index (χ0v) is 11.5. The number of rotatable bonds is 6. The molecule has 1 amide bonds. The first-order chi connectivity index (χ1) is 8.44. The maximum Gasteiger partial charge on any atom is 0.220 e. The lowest BCUT2D eigenvalue weighted by Crippen LogP contribution is -2.36. The van der Waals surface area contributed by atoms with E-state index >= 15 is 0 Å². The molecule has 0 fully saturated rings. The molecular weight excluding hydrogens is 226 g/mol. The normalized spacial score (nSPS) is 11.3. The molecule has 0 bridgehead atoms. The van der Waals surface area contributed by atoms with Gasteiger partial charge in [0, 0.05) is 25.0 Å². The number of nitrogens with one attached hydrogen (secondary N) is 1. The van der Waals surface area contributed by atoms with E-state index in [4.69, 9.17) is 5.11 Å². The van der Waals surface area contributed by atoms with Crippen LogP contribution < -0.4 is 5.32 Å². The van der Waals surface area contributed by atoms with E-state index in [0.29, 0.717) is 13.0 Å². The molecule has 100 valence electrons. The molecule has 0 aliphatic carbocycles. The minimum Gasteiger partial charge on any atom is -0.396 e. The van der Waals surface area contributed by atoms with Crippen molar-refractivity contribution in [1.82, 2.24) is 5.32 Å². The van der Waals surface area contributed by atoms with Crippen molar-refractivity contribution in [3.63, 3.8) is 0 Å². The number of hydrogen-bond acceptors (Lipinski definition) is 2. The highest BCUT2D eigenvalue weighted by molar-refractivity contribution is 5.76. The molecule has 0 aliphatic heterocycles. The maximum atomic E-state index is 11.7. The molecule has 2 N–H and O–H groups in total. The average molecular weight is 249 g/mol. The van der Waals surface area contributed by atoms with Crippen LogP contribution in [0.5, 0.6) is 0 Å². The van der Waals surface area contributed by atoms with E-state index in [-0.39, 0.29) is 17.9 Å². The standard InChI is InChI=1S/C15H23NO2/c1-12-6-4-5-7-13(12)8-9-14(18)16-10-15(2,3)11-17/h4-7,17H,8-11H2,1-3H3,(H,16,18). The summed E-state index contributed by atoms with van der Waals surface area (Å²) in [5.41, 5.74) is 2.19. The highest BCUT2D eigenvalue weighted by Gasteiger charge is 2.17. The Labute approximate surface area is 109 Å². The summed E-state index contributed by atoms with van der Waals surface area (Å²) in [6.07, 6.45) is 1.25.